The van der Waals surface area contributed by atoms with Crippen molar-refractivity contribution in [1.82, 2.24) is 0 Å². The molecule has 0 aliphatic rings. The first kappa shape index (κ1) is 10.2. The Bertz CT molecular complexity index is 325. The second-order valence-electron chi connectivity index (χ2n) is 2.44. The molecule has 0 aliphatic carbocycles. The average Bonchev–Trinajstić information content (AvgIpc) is 2.17. The third kappa shape index (κ3) is 2.28. The molecule has 4 heteroatoms. The van der Waals surface area contributed by atoms with E-state index in [9.17, 15) is 9.18 Å². The van der Waals surface area contributed by atoms with Crippen molar-refractivity contribution >= 4 is 21.9 Å². The molecule has 0 saturated heterocycles. The molecule has 0 spiro atoms. The molecule has 2 nitrogen and oxygen atoms in total. The van der Waals surface area contributed by atoms with Crippen LogP contribution < -0.4 is 0 Å². The number of rotatable bonds is 2. The molecule has 0 fully saturated rings. The maximum absolute atomic E-state index is 13.0. The summed E-state index contributed by atoms with van der Waals surface area (Å²) in [6.07, 6.45) is 0. The van der Waals surface area contributed by atoms with Crippen LogP contribution in [0.25, 0.3) is 0 Å². The van der Waals surface area contributed by atoms with Crippen LogP contribution in [-0.4, -0.2) is 13.1 Å². The topological polar surface area (TPSA) is 26.3 Å². The molecule has 0 atom stereocenters. The van der Waals surface area contributed by atoms with Gasteiger partial charge in [-0.25, -0.2) is 9.18 Å². The monoisotopic (exact) mass is 246 g/mol. The number of methoxy groups -OCH3 is 1. The lowest BCUT2D eigenvalue weighted by molar-refractivity contribution is 0.0595. The molecule has 1 rings (SSSR count). The van der Waals surface area contributed by atoms with Crippen LogP contribution >= 0.6 is 15.9 Å². The van der Waals surface area contributed by atoms with Crippen molar-refractivity contribution in [3.05, 3.63) is 35.1 Å². The second kappa shape index (κ2) is 4.37. The summed E-state index contributed by atoms with van der Waals surface area (Å²) in [6, 6.07) is 4.33. The number of alkyl halides is 1. The highest BCUT2D eigenvalue weighted by Gasteiger charge is 2.11. The Morgan fingerprint density at radius 3 is 2.85 bits per heavy atom. The summed E-state index contributed by atoms with van der Waals surface area (Å²) in [5, 5.41) is 0.581. The van der Waals surface area contributed by atoms with Gasteiger partial charge in [0.25, 0.3) is 0 Å². The fourth-order valence-electron chi connectivity index (χ4n) is 0.922. The van der Waals surface area contributed by atoms with Gasteiger partial charge in [-0.05, 0) is 17.7 Å². The first-order chi connectivity index (χ1) is 6.19. The minimum absolute atomic E-state index is 0.0283. The molecule has 0 aliphatic heterocycles. The van der Waals surface area contributed by atoms with E-state index in [0.717, 1.165) is 5.56 Å². The van der Waals surface area contributed by atoms with Crippen LogP contribution in [0.15, 0.2) is 18.2 Å². The molecule has 0 saturated carbocycles. The van der Waals surface area contributed by atoms with Crippen LogP contribution in [0.3, 0.4) is 0 Å². The van der Waals surface area contributed by atoms with Crippen molar-refractivity contribution in [3.63, 3.8) is 0 Å². The number of carbonyl (C=O) groups is 1. The lowest BCUT2D eigenvalue weighted by atomic mass is 10.1. The highest BCUT2D eigenvalue weighted by molar-refractivity contribution is 9.08. The van der Waals surface area contributed by atoms with Crippen LogP contribution in [0.2, 0.25) is 0 Å². The van der Waals surface area contributed by atoms with Gasteiger partial charge in [0.1, 0.15) is 5.82 Å². The number of ether oxygens (including phenoxy) is 1. The van der Waals surface area contributed by atoms with Gasteiger partial charge in [-0.3, -0.25) is 0 Å². The van der Waals surface area contributed by atoms with Gasteiger partial charge in [0.05, 0.1) is 12.7 Å². The zero-order valence-electron chi connectivity index (χ0n) is 7.01. The fraction of sp³-hybridized carbons (Fsp3) is 0.222. The maximum atomic E-state index is 13.0. The molecule has 1 aromatic rings. The van der Waals surface area contributed by atoms with Gasteiger partial charge in [0.15, 0.2) is 0 Å². The summed E-state index contributed by atoms with van der Waals surface area (Å²) in [7, 11) is 1.22. The second-order valence-corrected chi connectivity index (χ2v) is 3.00. The fourth-order valence-corrected chi connectivity index (χ4v) is 1.27. The Morgan fingerprint density at radius 1 is 1.62 bits per heavy atom. The van der Waals surface area contributed by atoms with E-state index in [1.165, 1.54) is 19.2 Å². The van der Waals surface area contributed by atoms with E-state index >= 15 is 0 Å². The number of benzene rings is 1. The van der Waals surface area contributed by atoms with E-state index in [4.69, 9.17) is 0 Å². The van der Waals surface area contributed by atoms with Crippen molar-refractivity contribution in [3.8, 4) is 0 Å². The third-order valence-electron chi connectivity index (χ3n) is 1.59. The quantitative estimate of drug-likeness (QED) is 0.592. The summed E-state index contributed by atoms with van der Waals surface area (Å²) in [6.45, 7) is 0. The summed E-state index contributed by atoms with van der Waals surface area (Å²) < 4.78 is 17.4. The maximum Gasteiger partial charge on any atom is 0.340 e. The van der Waals surface area contributed by atoms with Gasteiger partial charge in [-0.1, -0.05) is 22.0 Å². The molecule has 0 bridgehead atoms. The average molecular weight is 247 g/mol. The van der Waals surface area contributed by atoms with Crippen LogP contribution in [0, 0.1) is 5.82 Å². The van der Waals surface area contributed by atoms with Crippen molar-refractivity contribution in [1.29, 1.82) is 0 Å². The van der Waals surface area contributed by atoms with Crippen LogP contribution in [0.1, 0.15) is 15.9 Å². The predicted molar refractivity (Wildman–Crippen MR) is 50.4 cm³/mol. The predicted octanol–water partition coefficient (Wildman–Crippen LogP) is 2.51. The molecule has 0 radical (unpaired) electrons. The molecule has 13 heavy (non-hydrogen) atoms. The summed E-state index contributed by atoms with van der Waals surface area (Å²) in [5.74, 6) is -1.21. The molecule has 0 unspecified atom stereocenters. The van der Waals surface area contributed by atoms with E-state index in [1.807, 2.05) is 0 Å². The highest BCUT2D eigenvalue weighted by Crippen LogP contribution is 2.13. The van der Waals surface area contributed by atoms with Crippen molar-refractivity contribution in [2.24, 2.45) is 0 Å². The number of hydrogen-bond donors (Lipinski definition) is 0. The normalized spacial score (nSPS) is 9.77. The van der Waals surface area contributed by atoms with Gasteiger partial charge in [0.2, 0.25) is 0 Å². The van der Waals surface area contributed by atoms with E-state index in [-0.39, 0.29) is 5.56 Å². The van der Waals surface area contributed by atoms with Gasteiger partial charge >= 0.3 is 5.97 Å². The summed E-state index contributed by atoms with van der Waals surface area (Å²) >= 11 is 3.21. The van der Waals surface area contributed by atoms with Gasteiger partial charge in [0, 0.05) is 5.33 Å². The number of carbonyl (C=O) groups excluding carboxylic acids is 1. The molecule has 0 aromatic heterocycles. The van der Waals surface area contributed by atoms with Crippen molar-refractivity contribution in [2.45, 2.75) is 5.33 Å². The molecule has 0 amide bonds. The Kier molecular flexibility index (Phi) is 3.42. The molecule has 0 heterocycles. The van der Waals surface area contributed by atoms with Crippen LogP contribution in [0.4, 0.5) is 4.39 Å². The van der Waals surface area contributed by atoms with E-state index in [1.54, 1.807) is 6.07 Å². The van der Waals surface area contributed by atoms with Crippen LogP contribution in [-0.2, 0) is 10.1 Å². The summed E-state index contributed by atoms with van der Waals surface area (Å²) in [4.78, 5) is 11.0. The van der Waals surface area contributed by atoms with E-state index < -0.39 is 11.8 Å². The van der Waals surface area contributed by atoms with Crippen molar-refractivity contribution in [2.75, 3.05) is 7.11 Å². The minimum atomic E-state index is -0.653. The van der Waals surface area contributed by atoms with Gasteiger partial charge in [-0.2, -0.15) is 0 Å². The molecule has 1 aromatic carbocycles. The first-order valence-electron chi connectivity index (χ1n) is 3.61. The van der Waals surface area contributed by atoms with Gasteiger partial charge < -0.3 is 4.74 Å². The lowest BCUT2D eigenvalue weighted by Gasteiger charge is -2.02. The summed E-state index contributed by atoms with van der Waals surface area (Å²) in [5.41, 5.74) is 0.807. The molecule has 70 valence electrons. The SMILES string of the molecule is COC(=O)c1cc(CBr)ccc1F. The third-order valence-corrected chi connectivity index (χ3v) is 2.24. The molecule has 0 N–H and O–H groups in total. The van der Waals surface area contributed by atoms with E-state index in [2.05, 4.69) is 20.7 Å². The Morgan fingerprint density at radius 2 is 2.31 bits per heavy atom. The standard InChI is InChI=1S/C9H8BrFO2/c1-13-9(12)7-4-6(5-10)2-3-8(7)11/h2-4H,5H2,1H3. The smallest absolute Gasteiger partial charge is 0.340 e. The zero-order valence-corrected chi connectivity index (χ0v) is 8.60. The Hall–Kier alpha value is -0.900. The van der Waals surface area contributed by atoms with Gasteiger partial charge in [-0.15, -0.1) is 0 Å². The molecular formula is C9H8BrFO2. The first-order valence-corrected chi connectivity index (χ1v) is 4.74. The minimum Gasteiger partial charge on any atom is -0.465 e. The zero-order chi connectivity index (χ0) is 9.84. The number of hydrogen-bond acceptors (Lipinski definition) is 2. The Balaban J connectivity index is 3.11. The largest absolute Gasteiger partial charge is 0.465 e. The number of esters is 1. The Labute approximate surface area is 83.8 Å². The molecular weight excluding hydrogens is 239 g/mol. The van der Waals surface area contributed by atoms with Crippen molar-refractivity contribution < 1.29 is 13.9 Å². The number of halogens is 2. The highest BCUT2D eigenvalue weighted by atomic mass is 79.9. The lowest BCUT2D eigenvalue weighted by Crippen LogP contribution is -2.04. The van der Waals surface area contributed by atoms with Crippen LogP contribution in [0.5, 0.6) is 0 Å². The van der Waals surface area contributed by atoms with E-state index in [0.29, 0.717) is 5.33 Å².